The van der Waals surface area contributed by atoms with E-state index in [1.807, 2.05) is 19.2 Å². The third-order valence-electron chi connectivity index (χ3n) is 3.14. The standard InChI is InChI=1S/C16H28N2O/c1-11(2)13(4)19-15-8-12(3)17-9-14(15)10-18-16(5,6)7/h8-9,11,13,18H,10H2,1-7H3. The first-order valence-electron chi connectivity index (χ1n) is 7.06. The lowest BCUT2D eigenvalue weighted by molar-refractivity contribution is 0.168. The fraction of sp³-hybridized carbons (Fsp3) is 0.688. The highest BCUT2D eigenvalue weighted by Gasteiger charge is 2.15. The molecule has 1 aromatic heterocycles. The minimum atomic E-state index is 0.0891. The zero-order valence-corrected chi connectivity index (χ0v) is 13.4. The molecule has 108 valence electrons. The molecule has 0 aliphatic carbocycles. The van der Waals surface area contributed by atoms with Gasteiger partial charge in [-0.3, -0.25) is 4.98 Å². The summed E-state index contributed by atoms with van der Waals surface area (Å²) in [5, 5.41) is 3.48. The summed E-state index contributed by atoms with van der Waals surface area (Å²) in [6.45, 7) is 15.7. The predicted molar refractivity (Wildman–Crippen MR) is 80.5 cm³/mol. The molecule has 0 fully saturated rings. The SMILES string of the molecule is Cc1cc(OC(C)C(C)C)c(CNC(C)(C)C)cn1. The number of hydrogen-bond acceptors (Lipinski definition) is 3. The number of nitrogens with one attached hydrogen (secondary N) is 1. The summed E-state index contributed by atoms with van der Waals surface area (Å²) in [4.78, 5) is 4.37. The molecule has 3 heteroatoms. The van der Waals surface area contributed by atoms with Crippen molar-refractivity contribution in [2.24, 2.45) is 5.92 Å². The Kier molecular flexibility index (Phi) is 5.36. The lowest BCUT2D eigenvalue weighted by Gasteiger charge is -2.24. The third-order valence-corrected chi connectivity index (χ3v) is 3.14. The maximum Gasteiger partial charge on any atom is 0.127 e. The summed E-state index contributed by atoms with van der Waals surface area (Å²) in [5.74, 6) is 1.45. The molecule has 0 aromatic carbocycles. The number of hydrogen-bond donors (Lipinski definition) is 1. The van der Waals surface area contributed by atoms with E-state index in [4.69, 9.17) is 4.74 Å². The first kappa shape index (κ1) is 16.0. The molecular weight excluding hydrogens is 236 g/mol. The third kappa shape index (κ3) is 5.60. The summed E-state index contributed by atoms with van der Waals surface area (Å²) in [5.41, 5.74) is 2.20. The fourth-order valence-electron chi connectivity index (χ4n) is 1.50. The quantitative estimate of drug-likeness (QED) is 0.880. The summed E-state index contributed by atoms with van der Waals surface area (Å²) >= 11 is 0. The van der Waals surface area contributed by atoms with Crippen LogP contribution in [0, 0.1) is 12.8 Å². The average molecular weight is 264 g/mol. The Morgan fingerprint density at radius 1 is 1.26 bits per heavy atom. The molecule has 1 atom stereocenters. The second-order valence-corrected chi connectivity index (χ2v) is 6.60. The van der Waals surface area contributed by atoms with E-state index in [0.717, 1.165) is 23.6 Å². The molecule has 0 spiro atoms. The van der Waals surface area contributed by atoms with Gasteiger partial charge in [0.05, 0.1) is 6.10 Å². The lowest BCUT2D eigenvalue weighted by Crippen LogP contribution is -2.35. The molecule has 0 radical (unpaired) electrons. The van der Waals surface area contributed by atoms with Crippen LogP contribution in [0.3, 0.4) is 0 Å². The van der Waals surface area contributed by atoms with Gasteiger partial charge in [0.1, 0.15) is 5.75 Å². The van der Waals surface area contributed by atoms with Crippen LogP contribution >= 0.6 is 0 Å². The van der Waals surface area contributed by atoms with E-state index in [2.05, 4.69) is 51.8 Å². The molecule has 19 heavy (non-hydrogen) atoms. The van der Waals surface area contributed by atoms with Crippen LogP contribution in [-0.2, 0) is 6.54 Å². The summed E-state index contributed by atoms with van der Waals surface area (Å²) in [6, 6.07) is 2.03. The van der Waals surface area contributed by atoms with Crippen LogP contribution in [0.2, 0.25) is 0 Å². The molecule has 0 saturated carbocycles. The van der Waals surface area contributed by atoms with Gasteiger partial charge in [0.15, 0.2) is 0 Å². The predicted octanol–water partition coefficient (Wildman–Crippen LogP) is 3.70. The van der Waals surface area contributed by atoms with Crippen LogP contribution in [0.4, 0.5) is 0 Å². The van der Waals surface area contributed by atoms with Crippen molar-refractivity contribution in [3.05, 3.63) is 23.5 Å². The Morgan fingerprint density at radius 2 is 1.89 bits per heavy atom. The van der Waals surface area contributed by atoms with Gasteiger partial charge in [0, 0.05) is 35.6 Å². The number of nitrogens with zero attached hydrogens (tertiary/aromatic N) is 1. The van der Waals surface area contributed by atoms with Crippen molar-refractivity contribution in [1.82, 2.24) is 10.3 Å². The summed E-state index contributed by atoms with van der Waals surface area (Å²) in [6.07, 6.45) is 2.12. The van der Waals surface area contributed by atoms with Crippen molar-refractivity contribution in [3.63, 3.8) is 0 Å². The lowest BCUT2D eigenvalue weighted by atomic mass is 10.1. The fourth-order valence-corrected chi connectivity index (χ4v) is 1.50. The second-order valence-electron chi connectivity index (χ2n) is 6.60. The molecule has 0 saturated heterocycles. The van der Waals surface area contributed by atoms with E-state index in [1.165, 1.54) is 0 Å². The van der Waals surface area contributed by atoms with Gasteiger partial charge in [-0.05, 0) is 40.5 Å². The molecule has 3 nitrogen and oxygen atoms in total. The van der Waals surface area contributed by atoms with Crippen LogP contribution in [0.1, 0.15) is 52.8 Å². The molecule has 1 N–H and O–H groups in total. The summed E-state index contributed by atoms with van der Waals surface area (Å²) in [7, 11) is 0. The van der Waals surface area contributed by atoms with Gasteiger partial charge in [0.25, 0.3) is 0 Å². The topological polar surface area (TPSA) is 34.1 Å². The van der Waals surface area contributed by atoms with E-state index in [-0.39, 0.29) is 11.6 Å². The van der Waals surface area contributed by atoms with E-state index in [1.54, 1.807) is 0 Å². The van der Waals surface area contributed by atoms with Gasteiger partial charge in [-0.15, -0.1) is 0 Å². The van der Waals surface area contributed by atoms with E-state index in [9.17, 15) is 0 Å². The Bertz CT molecular complexity index is 408. The Morgan fingerprint density at radius 3 is 2.42 bits per heavy atom. The van der Waals surface area contributed by atoms with Crippen molar-refractivity contribution >= 4 is 0 Å². The first-order chi connectivity index (χ1) is 8.69. The van der Waals surface area contributed by atoms with Crippen molar-refractivity contribution in [3.8, 4) is 5.75 Å². The van der Waals surface area contributed by atoms with E-state index in [0.29, 0.717) is 5.92 Å². The second kappa shape index (κ2) is 6.38. The highest BCUT2D eigenvalue weighted by molar-refractivity contribution is 5.33. The monoisotopic (exact) mass is 264 g/mol. The Balaban J connectivity index is 2.85. The number of aryl methyl sites for hydroxylation is 1. The molecule has 0 amide bonds. The number of pyridine rings is 1. The van der Waals surface area contributed by atoms with E-state index < -0.39 is 0 Å². The minimum Gasteiger partial charge on any atom is -0.490 e. The highest BCUT2D eigenvalue weighted by atomic mass is 16.5. The Hall–Kier alpha value is -1.09. The molecular formula is C16H28N2O. The zero-order valence-electron chi connectivity index (χ0n) is 13.4. The highest BCUT2D eigenvalue weighted by Crippen LogP contribution is 2.22. The van der Waals surface area contributed by atoms with Crippen LogP contribution in [-0.4, -0.2) is 16.6 Å². The minimum absolute atomic E-state index is 0.0891. The number of ether oxygens (including phenoxy) is 1. The maximum atomic E-state index is 6.07. The van der Waals surface area contributed by atoms with Gasteiger partial charge < -0.3 is 10.1 Å². The van der Waals surface area contributed by atoms with Crippen LogP contribution < -0.4 is 10.1 Å². The number of rotatable bonds is 5. The smallest absolute Gasteiger partial charge is 0.127 e. The van der Waals surface area contributed by atoms with Crippen LogP contribution in [0.5, 0.6) is 5.75 Å². The molecule has 0 aliphatic rings. The zero-order chi connectivity index (χ0) is 14.6. The van der Waals surface area contributed by atoms with Crippen LogP contribution in [0.25, 0.3) is 0 Å². The van der Waals surface area contributed by atoms with Gasteiger partial charge >= 0.3 is 0 Å². The molecule has 0 aliphatic heterocycles. The molecule has 0 bridgehead atoms. The van der Waals surface area contributed by atoms with Gasteiger partial charge in [-0.2, -0.15) is 0 Å². The van der Waals surface area contributed by atoms with Crippen molar-refractivity contribution in [1.29, 1.82) is 0 Å². The molecule has 1 rings (SSSR count). The van der Waals surface area contributed by atoms with Gasteiger partial charge in [0.2, 0.25) is 0 Å². The van der Waals surface area contributed by atoms with Gasteiger partial charge in [-0.1, -0.05) is 13.8 Å². The van der Waals surface area contributed by atoms with Crippen LogP contribution in [0.15, 0.2) is 12.3 Å². The summed E-state index contributed by atoms with van der Waals surface area (Å²) < 4.78 is 6.07. The average Bonchev–Trinajstić information content (AvgIpc) is 2.26. The molecule has 1 aromatic rings. The van der Waals surface area contributed by atoms with Crippen molar-refractivity contribution in [2.45, 2.75) is 66.7 Å². The van der Waals surface area contributed by atoms with E-state index >= 15 is 0 Å². The normalized spacial score (nSPS) is 13.7. The first-order valence-corrected chi connectivity index (χ1v) is 7.06. The molecule has 1 heterocycles. The van der Waals surface area contributed by atoms with Gasteiger partial charge in [-0.25, -0.2) is 0 Å². The largest absolute Gasteiger partial charge is 0.490 e. The maximum absolute atomic E-state index is 6.07. The Labute approximate surface area is 117 Å². The van der Waals surface area contributed by atoms with Crippen molar-refractivity contribution in [2.75, 3.05) is 0 Å². The number of aromatic nitrogens is 1. The molecule has 1 unspecified atom stereocenters. The van der Waals surface area contributed by atoms with Crippen molar-refractivity contribution < 1.29 is 4.74 Å².